The van der Waals surface area contributed by atoms with Gasteiger partial charge in [0.05, 0.1) is 7.11 Å². The van der Waals surface area contributed by atoms with Crippen molar-refractivity contribution < 1.29 is 28.2 Å². The minimum absolute atomic E-state index is 0.0729. The van der Waals surface area contributed by atoms with Crippen LogP contribution in [-0.4, -0.2) is 36.0 Å². The van der Waals surface area contributed by atoms with Crippen molar-refractivity contribution in [3.63, 3.8) is 0 Å². The highest BCUT2D eigenvalue weighted by molar-refractivity contribution is 5.76. The molecule has 2 unspecified atom stereocenters. The van der Waals surface area contributed by atoms with Gasteiger partial charge in [-0.15, -0.1) is 10.2 Å². The van der Waals surface area contributed by atoms with Crippen molar-refractivity contribution in [2.45, 2.75) is 19.1 Å². The molecule has 2 aromatic carbocycles. The molecule has 0 aliphatic carbocycles. The Morgan fingerprint density at radius 3 is 2.61 bits per heavy atom. The zero-order valence-corrected chi connectivity index (χ0v) is 15.3. The molecule has 4 rings (SSSR count). The number of nitrogens with zero attached hydrogens (tertiary/aromatic N) is 2. The lowest BCUT2D eigenvalue weighted by Gasteiger charge is -2.25. The second-order valence-corrected chi connectivity index (χ2v) is 6.12. The largest absolute Gasteiger partial charge is 0.497 e. The molecule has 2 atom stereocenters. The van der Waals surface area contributed by atoms with E-state index in [1.807, 2.05) is 6.07 Å². The Kier molecular flexibility index (Phi) is 4.84. The molecule has 1 aliphatic rings. The molecule has 1 aromatic heterocycles. The van der Waals surface area contributed by atoms with Crippen LogP contribution < -0.4 is 14.2 Å². The quantitative estimate of drug-likeness (QED) is 0.621. The van der Waals surface area contributed by atoms with E-state index in [9.17, 15) is 4.79 Å². The molecule has 0 fully saturated rings. The maximum absolute atomic E-state index is 12.4. The Morgan fingerprint density at radius 2 is 1.86 bits per heavy atom. The van der Waals surface area contributed by atoms with Crippen molar-refractivity contribution >= 4 is 5.97 Å². The van der Waals surface area contributed by atoms with Gasteiger partial charge < -0.3 is 23.4 Å². The fourth-order valence-corrected chi connectivity index (χ4v) is 2.69. The minimum Gasteiger partial charge on any atom is -0.497 e. The van der Waals surface area contributed by atoms with Crippen LogP contribution in [0.15, 0.2) is 52.9 Å². The molecule has 28 heavy (non-hydrogen) atoms. The van der Waals surface area contributed by atoms with Crippen LogP contribution in [0.5, 0.6) is 17.2 Å². The third kappa shape index (κ3) is 3.62. The van der Waals surface area contributed by atoms with Crippen LogP contribution in [-0.2, 0) is 9.53 Å². The summed E-state index contributed by atoms with van der Waals surface area (Å²) in [5, 5.41) is 7.98. The van der Waals surface area contributed by atoms with Gasteiger partial charge in [-0.1, -0.05) is 12.1 Å². The third-order valence-electron chi connectivity index (χ3n) is 4.19. The Bertz CT molecular complexity index is 969. The van der Waals surface area contributed by atoms with E-state index in [2.05, 4.69) is 10.2 Å². The second-order valence-electron chi connectivity index (χ2n) is 6.12. The third-order valence-corrected chi connectivity index (χ3v) is 4.19. The summed E-state index contributed by atoms with van der Waals surface area (Å²) in [6.07, 6.45) is -1.59. The molecule has 3 aromatic rings. The summed E-state index contributed by atoms with van der Waals surface area (Å²) in [6.45, 7) is 1.73. The first-order chi connectivity index (χ1) is 13.6. The smallest absolute Gasteiger partial charge is 0.351 e. The summed E-state index contributed by atoms with van der Waals surface area (Å²) >= 11 is 0. The number of carbonyl (C=O) groups excluding carboxylic acids is 1. The van der Waals surface area contributed by atoms with Crippen molar-refractivity contribution in [1.29, 1.82) is 0 Å². The molecule has 0 saturated carbocycles. The molecule has 0 radical (unpaired) electrons. The van der Waals surface area contributed by atoms with E-state index in [0.29, 0.717) is 17.4 Å². The van der Waals surface area contributed by atoms with Crippen molar-refractivity contribution in [1.82, 2.24) is 10.2 Å². The van der Waals surface area contributed by atoms with Gasteiger partial charge in [-0.25, -0.2) is 4.79 Å². The number of hydrogen-bond donors (Lipinski definition) is 0. The Morgan fingerprint density at radius 1 is 1.11 bits per heavy atom. The lowest BCUT2D eigenvalue weighted by atomic mass is 10.2. The first-order valence-corrected chi connectivity index (χ1v) is 8.71. The van der Waals surface area contributed by atoms with Gasteiger partial charge >= 0.3 is 5.97 Å². The zero-order valence-electron chi connectivity index (χ0n) is 15.3. The monoisotopic (exact) mass is 382 g/mol. The highest BCUT2D eigenvalue weighted by Crippen LogP contribution is 2.32. The van der Waals surface area contributed by atoms with Crippen molar-refractivity contribution in [2.24, 2.45) is 0 Å². The zero-order chi connectivity index (χ0) is 19.5. The molecule has 8 nitrogen and oxygen atoms in total. The van der Waals surface area contributed by atoms with E-state index in [-0.39, 0.29) is 12.5 Å². The van der Waals surface area contributed by atoms with Gasteiger partial charge in [-0.2, -0.15) is 0 Å². The van der Waals surface area contributed by atoms with Crippen LogP contribution in [0.25, 0.3) is 11.5 Å². The van der Waals surface area contributed by atoms with Crippen LogP contribution in [0.3, 0.4) is 0 Å². The second kappa shape index (κ2) is 7.59. The molecule has 2 heterocycles. The summed E-state index contributed by atoms with van der Waals surface area (Å²) in [5.74, 6) is 1.78. The average molecular weight is 382 g/mol. The minimum atomic E-state index is -0.860. The van der Waals surface area contributed by atoms with E-state index in [4.69, 9.17) is 23.4 Å². The SMILES string of the molecule is COc1ccc(-c2nnc(C(C)OC(=O)C3COc4ccccc4O3)o2)cc1. The molecule has 0 amide bonds. The molecular weight excluding hydrogens is 364 g/mol. The Hall–Kier alpha value is -3.55. The molecule has 144 valence electrons. The Labute approximate surface area is 161 Å². The topological polar surface area (TPSA) is 92.9 Å². The van der Waals surface area contributed by atoms with E-state index in [1.54, 1.807) is 56.5 Å². The van der Waals surface area contributed by atoms with Crippen LogP contribution in [0, 0.1) is 0 Å². The first kappa shape index (κ1) is 17.8. The van der Waals surface area contributed by atoms with Crippen LogP contribution in [0.4, 0.5) is 0 Å². The molecule has 0 saturated heterocycles. The van der Waals surface area contributed by atoms with Crippen molar-refractivity contribution in [2.75, 3.05) is 13.7 Å². The van der Waals surface area contributed by atoms with E-state index < -0.39 is 18.2 Å². The predicted molar refractivity (Wildman–Crippen MR) is 97.1 cm³/mol. The number of benzene rings is 2. The predicted octanol–water partition coefficient (Wildman–Crippen LogP) is 3.19. The molecule has 8 heteroatoms. The summed E-state index contributed by atoms with van der Waals surface area (Å²) in [4.78, 5) is 12.4. The van der Waals surface area contributed by atoms with Gasteiger partial charge in [0.1, 0.15) is 12.4 Å². The first-order valence-electron chi connectivity index (χ1n) is 8.71. The maximum Gasteiger partial charge on any atom is 0.351 e. The lowest BCUT2D eigenvalue weighted by Crippen LogP contribution is -2.38. The number of aromatic nitrogens is 2. The van der Waals surface area contributed by atoms with Crippen molar-refractivity contribution in [3.05, 3.63) is 54.4 Å². The highest BCUT2D eigenvalue weighted by atomic mass is 16.6. The summed E-state index contributed by atoms with van der Waals surface area (Å²) in [6, 6.07) is 14.3. The van der Waals surface area contributed by atoms with Gasteiger partial charge in [-0.05, 0) is 43.3 Å². The number of hydrogen-bond acceptors (Lipinski definition) is 8. The van der Waals surface area contributed by atoms with E-state index in [1.165, 1.54) is 0 Å². The molecule has 1 aliphatic heterocycles. The van der Waals surface area contributed by atoms with E-state index in [0.717, 1.165) is 11.3 Å². The fourth-order valence-electron chi connectivity index (χ4n) is 2.69. The average Bonchev–Trinajstić information content (AvgIpc) is 3.24. The number of para-hydroxylation sites is 2. The number of rotatable bonds is 5. The lowest BCUT2D eigenvalue weighted by molar-refractivity contribution is -0.160. The van der Waals surface area contributed by atoms with Crippen LogP contribution in [0.1, 0.15) is 18.9 Å². The summed E-state index contributed by atoms with van der Waals surface area (Å²) < 4.78 is 27.4. The van der Waals surface area contributed by atoms with Crippen LogP contribution in [0.2, 0.25) is 0 Å². The normalized spacial score (nSPS) is 16.3. The Balaban J connectivity index is 1.40. The maximum atomic E-state index is 12.4. The van der Waals surface area contributed by atoms with Gasteiger partial charge in [-0.3, -0.25) is 0 Å². The van der Waals surface area contributed by atoms with Gasteiger partial charge in [0.25, 0.3) is 5.89 Å². The number of methoxy groups -OCH3 is 1. The molecule has 0 N–H and O–H groups in total. The van der Waals surface area contributed by atoms with Crippen LogP contribution >= 0.6 is 0 Å². The van der Waals surface area contributed by atoms with Gasteiger partial charge in [0.2, 0.25) is 12.0 Å². The van der Waals surface area contributed by atoms with E-state index >= 15 is 0 Å². The number of fused-ring (bicyclic) bond motifs is 1. The highest BCUT2D eigenvalue weighted by Gasteiger charge is 2.31. The number of ether oxygens (including phenoxy) is 4. The molecule has 0 bridgehead atoms. The molecular formula is C20H18N2O6. The summed E-state index contributed by atoms with van der Waals surface area (Å²) in [5.41, 5.74) is 0.735. The standard InChI is InChI=1S/C20H18N2O6/c1-12(18-21-22-19(28-18)13-7-9-14(24-2)10-8-13)26-20(23)17-11-25-15-5-3-4-6-16(15)27-17/h3-10,12,17H,11H2,1-2H3. The molecule has 0 spiro atoms. The van der Waals surface area contributed by atoms with Gasteiger partial charge in [0.15, 0.2) is 17.6 Å². The number of carbonyl (C=O) groups is 1. The summed E-state index contributed by atoms with van der Waals surface area (Å²) in [7, 11) is 1.59. The van der Waals surface area contributed by atoms with Gasteiger partial charge in [0, 0.05) is 5.56 Å². The number of esters is 1. The van der Waals surface area contributed by atoms with Crippen molar-refractivity contribution in [3.8, 4) is 28.7 Å². The fraction of sp³-hybridized carbons (Fsp3) is 0.250.